The lowest BCUT2D eigenvalue weighted by Crippen LogP contribution is -2.30. The molecule has 0 fully saturated rings. The summed E-state index contributed by atoms with van der Waals surface area (Å²) in [5, 5.41) is 0. The largest absolute Gasteiger partial charge is 0.462 e. The molecule has 0 radical (unpaired) electrons. The molecule has 0 aliphatic heterocycles. The van der Waals surface area contributed by atoms with Crippen molar-refractivity contribution in [2.24, 2.45) is 0 Å². The van der Waals surface area contributed by atoms with Crippen LogP contribution < -0.4 is 0 Å². The number of carbonyl (C=O) groups excluding carboxylic acids is 3. The number of rotatable bonds is 70. The fourth-order valence-electron chi connectivity index (χ4n) is 11.8. The average Bonchev–Trinajstić information content (AvgIpc) is 3.46. The summed E-state index contributed by atoms with van der Waals surface area (Å²) in [5.41, 5.74) is 0. The van der Waals surface area contributed by atoms with E-state index in [4.69, 9.17) is 14.2 Å². The first-order valence-electron chi connectivity index (χ1n) is 37.0. The normalized spacial score (nSPS) is 11.9. The molecule has 6 nitrogen and oxygen atoms in total. The van der Waals surface area contributed by atoms with Gasteiger partial charge in [0.05, 0.1) is 0 Å². The van der Waals surface area contributed by atoms with E-state index in [1.807, 2.05) is 0 Å². The number of esters is 3. The van der Waals surface area contributed by atoms with Gasteiger partial charge in [-0.15, -0.1) is 0 Å². The van der Waals surface area contributed by atoms with E-state index in [2.05, 4.69) is 20.8 Å². The Kier molecular flexibility index (Phi) is 68.5. The molecule has 0 amide bonds. The summed E-state index contributed by atoms with van der Waals surface area (Å²) in [6.45, 7) is 6.74. The van der Waals surface area contributed by atoms with Crippen molar-refractivity contribution >= 4 is 17.9 Å². The van der Waals surface area contributed by atoms with Gasteiger partial charge in [0.25, 0.3) is 0 Å². The van der Waals surface area contributed by atoms with Crippen molar-refractivity contribution in [2.75, 3.05) is 13.2 Å². The predicted octanol–water partition coefficient (Wildman–Crippen LogP) is 25.4. The van der Waals surface area contributed by atoms with E-state index in [1.54, 1.807) is 0 Å². The third-order valence-electron chi connectivity index (χ3n) is 17.4. The third-order valence-corrected chi connectivity index (χ3v) is 17.4. The molecule has 0 aromatic heterocycles. The fourth-order valence-corrected chi connectivity index (χ4v) is 11.8. The molecule has 0 spiro atoms. The number of ether oxygens (including phenoxy) is 3. The minimum Gasteiger partial charge on any atom is -0.462 e. The molecule has 0 aromatic rings. The van der Waals surface area contributed by atoms with Gasteiger partial charge >= 0.3 is 17.9 Å². The molecule has 1 unspecified atom stereocenters. The Bertz CT molecular complexity index is 1200. The van der Waals surface area contributed by atoms with E-state index >= 15 is 0 Å². The number of hydrogen-bond acceptors (Lipinski definition) is 6. The van der Waals surface area contributed by atoms with Gasteiger partial charge < -0.3 is 14.2 Å². The van der Waals surface area contributed by atoms with Crippen molar-refractivity contribution in [1.82, 2.24) is 0 Å². The summed E-state index contributed by atoms with van der Waals surface area (Å²) in [4.78, 5) is 38.4. The third kappa shape index (κ3) is 67.2. The zero-order valence-electron chi connectivity index (χ0n) is 54.9. The van der Waals surface area contributed by atoms with Crippen LogP contribution in [0.2, 0.25) is 0 Å². The van der Waals surface area contributed by atoms with Crippen LogP contribution in [0, 0.1) is 0 Å². The summed E-state index contributed by atoms with van der Waals surface area (Å²) >= 11 is 0. The van der Waals surface area contributed by atoms with Gasteiger partial charge in [-0.05, 0) is 19.3 Å². The lowest BCUT2D eigenvalue weighted by atomic mass is 10.0. The van der Waals surface area contributed by atoms with Gasteiger partial charge in [-0.25, -0.2) is 0 Å². The van der Waals surface area contributed by atoms with Crippen molar-refractivity contribution in [3.63, 3.8) is 0 Å². The van der Waals surface area contributed by atoms with Gasteiger partial charge in [-0.3, -0.25) is 14.4 Å². The molecule has 0 rings (SSSR count). The Morgan fingerprint density at radius 3 is 0.500 bits per heavy atom. The van der Waals surface area contributed by atoms with Crippen LogP contribution in [0.15, 0.2) is 0 Å². The summed E-state index contributed by atoms with van der Waals surface area (Å²) < 4.78 is 17.0. The average molecular weight is 1130 g/mol. The van der Waals surface area contributed by atoms with Crippen LogP contribution in [-0.2, 0) is 28.6 Å². The first kappa shape index (κ1) is 78.4. The second kappa shape index (κ2) is 69.9. The monoisotopic (exact) mass is 1130 g/mol. The fraction of sp³-hybridized carbons (Fsp3) is 0.959. The summed E-state index contributed by atoms with van der Waals surface area (Å²) in [6.07, 6.45) is 83.0. The Morgan fingerprint density at radius 1 is 0.200 bits per heavy atom. The summed E-state index contributed by atoms with van der Waals surface area (Å²) in [7, 11) is 0. The highest BCUT2D eigenvalue weighted by atomic mass is 16.6. The highest BCUT2D eigenvalue weighted by molar-refractivity contribution is 5.71. The SMILES string of the molecule is CCCCCCCCCCCCCCCCCCCCCCCCCCCCC(=O)OCC(COC(=O)CCCCCCCCCCCCC)OC(=O)CCCCCCCCCCCCCCCCCCCCCCCCCCC. The molecule has 0 heterocycles. The van der Waals surface area contributed by atoms with E-state index < -0.39 is 6.10 Å². The summed E-state index contributed by atoms with van der Waals surface area (Å²) in [5.74, 6) is -0.820. The molecule has 0 saturated carbocycles. The highest BCUT2D eigenvalue weighted by Gasteiger charge is 2.20. The minimum absolute atomic E-state index is 0.0603. The van der Waals surface area contributed by atoms with E-state index in [0.717, 1.165) is 57.8 Å². The second-order valence-corrected chi connectivity index (χ2v) is 25.6. The van der Waals surface area contributed by atoms with Crippen molar-refractivity contribution in [2.45, 2.75) is 444 Å². The Labute approximate surface area is 501 Å². The van der Waals surface area contributed by atoms with Crippen LogP contribution in [0.3, 0.4) is 0 Å². The molecule has 80 heavy (non-hydrogen) atoms. The lowest BCUT2D eigenvalue weighted by molar-refractivity contribution is -0.167. The highest BCUT2D eigenvalue weighted by Crippen LogP contribution is 2.20. The molecular formula is C74H144O6. The van der Waals surface area contributed by atoms with E-state index in [1.165, 1.54) is 340 Å². The maximum Gasteiger partial charge on any atom is 0.306 e. The lowest BCUT2D eigenvalue weighted by Gasteiger charge is -2.18. The molecule has 1 atom stereocenters. The minimum atomic E-state index is -0.763. The molecular weight excluding hydrogens is 985 g/mol. The quantitative estimate of drug-likeness (QED) is 0.0343. The zero-order chi connectivity index (χ0) is 57.8. The maximum atomic E-state index is 13.0. The smallest absolute Gasteiger partial charge is 0.306 e. The number of carbonyl (C=O) groups is 3. The van der Waals surface area contributed by atoms with Gasteiger partial charge in [0, 0.05) is 19.3 Å². The van der Waals surface area contributed by atoms with E-state index in [-0.39, 0.29) is 31.1 Å². The first-order valence-corrected chi connectivity index (χ1v) is 37.0. The standard InChI is InChI=1S/C74H144O6/c1-4-7-10-13-16-19-22-24-26-28-30-32-34-36-38-39-41-43-45-47-49-52-55-58-61-64-67-73(76)79-70-71(69-78-72(75)66-63-60-57-54-51-21-18-15-12-9-6-3)80-74(77)68-65-62-59-56-53-50-48-46-44-42-40-37-35-33-31-29-27-25-23-20-17-14-11-8-5-2/h71H,4-70H2,1-3H3. The van der Waals surface area contributed by atoms with Crippen molar-refractivity contribution in [3.05, 3.63) is 0 Å². The van der Waals surface area contributed by atoms with Gasteiger partial charge in [-0.2, -0.15) is 0 Å². The molecule has 0 aromatic carbocycles. The van der Waals surface area contributed by atoms with Crippen molar-refractivity contribution < 1.29 is 28.6 Å². The van der Waals surface area contributed by atoms with Crippen molar-refractivity contribution in [3.8, 4) is 0 Å². The molecule has 0 saturated heterocycles. The van der Waals surface area contributed by atoms with Crippen LogP contribution >= 0.6 is 0 Å². The maximum absolute atomic E-state index is 13.0. The second-order valence-electron chi connectivity index (χ2n) is 25.6. The Hall–Kier alpha value is -1.59. The molecule has 0 aliphatic rings. The van der Waals surface area contributed by atoms with Crippen LogP contribution in [0.1, 0.15) is 438 Å². The summed E-state index contributed by atoms with van der Waals surface area (Å²) in [6, 6.07) is 0. The molecule has 0 N–H and O–H groups in total. The number of hydrogen-bond donors (Lipinski definition) is 0. The zero-order valence-corrected chi connectivity index (χ0v) is 54.9. The van der Waals surface area contributed by atoms with Gasteiger partial charge in [0.2, 0.25) is 0 Å². The topological polar surface area (TPSA) is 78.9 Å². The van der Waals surface area contributed by atoms with Gasteiger partial charge in [-0.1, -0.05) is 400 Å². The number of unbranched alkanes of at least 4 members (excludes halogenated alkanes) is 59. The molecule has 476 valence electrons. The van der Waals surface area contributed by atoms with Gasteiger partial charge in [0.1, 0.15) is 13.2 Å². The molecule has 0 bridgehead atoms. The van der Waals surface area contributed by atoms with Crippen LogP contribution in [-0.4, -0.2) is 37.2 Å². The van der Waals surface area contributed by atoms with Crippen LogP contribution in [0.4, 0.5) is 0 Å². The first-order chi connectivity index (χ1) is 39.5. The van der Waals surface area contributed by atoms with E-state index in [9.17, 15) is 14.4 Å². The Morgan fingerprint density at radius 2 is 0.338 bits per heavy atom. The van der Waals surface area contributed by atoms with Crippen molar-refractivity contribution in [1.29, 1.82) is 0 Å². The van der Waals surface area contributed by atoms with Gasteiger partial charge in [0.15, 0.2) is 6.10 Å². The Balaban J connectivity index is 4.11. The molecule has 6 heteroatoms. The van der Waals surface area contributed by atoms with Crippen LogP contribution in [0.25, 0.3) is 0 Å². The predicted molar refractivity (Wildman–Crippen MR) is 349 cm³/mol. The molecule has 0 aliphatic carbocycles. The van der Waals surface area contributed by atoms with Crippen LogP contribution in [0.5, 0.6) is 0 Å². The van der Waals surface area contributed by atoms with E-state index in [0.29, 0.717) is 19.3 Å².